The predicted molar refractivity (Wildman–Crippen MR) is 38.0 cm³/mol. The fourth-order valence-corrected chi connectivity index (χ4v) is 0.647. The second kappa shape index (κ2) is 6.11. The zero-order valence-electron chi connectivity index (χ0n) is 5.90. The fourth-order valence-electron chi connectivity index (χ4n) is 0.647. The number of hydrogen-bond acceptors (Lipinski definition) is 2. The van der Waals surface area contributed by atoms with Gasteiger partial charge in [0, 0.05) is 21.1 Å². The molecule has 0 atom stereocenters. The molecule has 2 nitrogen and oxygen atoms in total. The number of rotatable bonds is 3. The van der Waals surface area contributed by atoms with Crippen LogP contribution in [0.15, 0.2) is 30.3 Å². The van der Waals surface area contributed by atoms with Crippen LogP contribution in [0.1, 0.15) is 0 Å². The fraction of sp³-hybridized carbons (Fsp3) is 0.125. The van der Waals surface area contributed by atoms with E-state index in [2.05, 4.69) is 0 Å². The molecule has 0 bridgehead atoms. The normalized spacial score (nSPS) is 8.00. The van der Waals surface area contributed by atoms with Crippen LogP contribution in [0.25, 0.3) is 0 Å². The zero-order chi connectivity index (χ0) is 7.23. The second-order valence-corrected chi connectivity index (χ2v) is 1.79. The molecule has 1 aromatic rings. The van der Waals surface area contributed by atoms with Crippen molar-refractivity contribution in [2.24, 2.45) is 0 Å². The molecular formula is C8H8MoO2. The molecule has 0 aliphatic heterocycles. The minimum atomic E-state index is 0. The van der Waals surface area contributed by atoms with Crippen molar-refractivity contribution < 1.29 is 30.6 Å². The van der Waals surface area contributed by atoms with Gasteiger partial charge in [-0.2, -0.15) is 0 Å². The maximum atomic E-state index is 9.85. The minimum absolute atomic E-state index is 0. The molecule has 0 amide bonds. The summed E-state index contributed by atoms with van der Waals surface area (Å²) in [6.07, 6.45) is 0.729. The van der Waals surface area contributed by atoms with Gasteiger partial charge in [0.15, 0.2) is 6.29 Å². The molecule has 0 N–H and O–H groups in total. The molecule has 1 rings (SSSR count). The van der Waals surface area contributed by atoms with E-state index < -0.39 is 0 Å². The molecule has 0 saturated heterocycles. The maximum Gasteiger partial charge on any atom is 0.157 e. The van der Waals surface area contributed by atoms with Crippen molar-refractivity contribution >= 4 is 6.29 Å². The van der Waals surface area contributed by atoms with Crippen molar-refractivity contribution in [1.29, 1.82) is 0 Å². The van der Waals surface area contributed by atoms with Gasteiger partial charge in [0.05, 0.1) is 0 Å². The summed E-state index contributed by atoms with van der Waals surface area (Å²) >= 11 is 0. The van der Waals surface area contributed by atoms with Crippen LogP contribution in [-0.2, 0) is 25.9 Å². The number of hydrogen-bond donors (Lipinski definition) is 0. The summed E-state index contributed by atoms with van der Waals surface area (Å²) in [5.74, 6) is 0.731. The van der Waals surface area contributed by atoms with E-state index in [0.29, 0.717) is 0 Å². The Morgan fingerprint density at radius 3 is 2.45 bits per heavy atom. The second-order valence-electron chi connectivity index (χ2n) is 1.79. The van der Waals surface area contributed by atoms with Gasteiger partial charge in [-0.15, -0.1) is 0 Å². The average molecular weight is 232 g/mol. The Morgan fingerprint density at radius 2 is 1.91 bits per heavy atom. The first-order valence-corrected chi connectivity index (χ1v) is 3.05. The Morgan fingerprint density at radius 1 is 1.27 bits per heavy atom. The molecule has 0 heterocycles. The first-order chi connectivity index (χ1) is 4.93. The quantitative estimate of drug-likeness (QED) is 0.579. The third kappa shape index (κ3) is 3.94. The van der Waals surface area contributed by atoms with Crippen molar-refractivity contribution in [2.75, 3.05) is 6.61 Å². The Balaban J connectivity index is 0.000001000. The van der Waals surface area contributed by atoms with Crippen molar-refractivity contribution in [2.45, 2.75) is 0 Å². The van der Waals surface area contributed by atoms with Crippen LogP contribution in [-0.4, -0.2) is 12.9 Å². The van der Waals surface area contributed by atoms with Gasteiger partial charge in [0.25, 0.3) is 0 Å². The van der Waals surface area contributed by atoms with Gasteiger partial charge in [0.1, 0.15) is 12.4 Å². The standard InChI is InChI=1S/C8H8O2.Mo/c9-6-7-10-8-4-2-1-3-5-8;/h1-6H,7H2;. The van der Waals surface area contributed by atoms with E-state index in [4.69, 9.17) is 4.74 Å². The summed E-state index contributed by atoms with van der Waals surface area (Å²) in [6, 6.07) is 9.24. The molecule has 58 valence electrons. The van der Waals surface area contributed by atoms with E-state index in [1.165, 1.54) is 0 Å². The number of ether oxygens (including phenoxy) is 1. The molecular weight excluding hydrogens is 224 g/mol. The third-order valence-electron chi connectivity index (χ3n) is 1.06. The smallest absolute Gasteiger partial charge is 0.157 e. The van der Waals surface area contributed by atoms with E-state index in [1.807, 2.05) is 30.3 Å². The van der Waals surface area contributed by atoms with Crippen LogP contribution in [0, 0.1) is 0 Å². The topological polar surface area (TPSA) is 26.3 Å². The van der Waals surface area contributed by atoms with Crippen molar-refractivity contribution in [3.63, 3.8) is 0 Å². The monoisotopic (exact) mass is 234 g/mol. The average Bonchev–Trinajstić information content (AvgIpc) is 2.03. The number of para-hydroxylation sites is 1. The van der Waals surface area contributed by atoms with Crippen LogP contribution < -0.4 is 4.74 Å². The van der Waals surface area contributed by atoms with E-state index in [1.54, 1.807) is 0 Å². The van der Waals surface area contributed by atoms with E-state index in [-0.39, 0.29) is 27.7 Å². The molecule has 0 saturated carbocycles. The van der Waals surface area contributed by atoms with E-state index in [0.717, 1.165) is 12.0 Å². The molecule has 0 radical (unpaired) electrons. The van der Waals surface area contributed by atoms with Crippen LogP contribution in [0.2, 0.25) is 0 Å². The molecule has 0 aliphatic rings. The van der Waals surface area contributed by atoms with Gasteiger partial charge < -0.3 is 4.74 Å². The van der Waals surface area contributed by atoms with Gasteiger partial charge in [-0.3, -0.25) is 4.79 Å². The Labute approximate surface area is 79.8 Å². The molecule has 0 fully saturated rings. The Kier molecular flexibility index (Phi) is 5.77. The van der Waals surface area contributed by atoms with Crippen molar-refractivity contribution in [3.8, 4) is 5.75 Å². The van der Waals surface area contributed by atoms with Gasteiger partial charge in [-0.1, -0.05) is 18.2 Å². The van der Waals surface area contributed by atoms with Gasteiger partial charge in [0.2, 0.25) is 0 Å². The number of aldehydes is 1. The Hall–Kier alpha value is -0.622. The van der Waals surface area contributed by atoms with Gasteiger partial charge >= 0.3 is 0 Å². The number of benzene rings is 1. The Bertz CT molecular complexity index is 199. The SMILES string of the molecule is O=CCOc1ccccc1.[Mo]. The molecule has 0 aliphatic carbocycles. The van der Waals surface area contributed by atoms with Gasteiger partial charge in [-0.25, -0.2) is 0 Å². The van der Waals surface area contributed by atoms with Crippen LogP contribution in [0.5, 0.6) is 5.75 Å². The van der Waals surface area contributed by atoms with Crippen LogP contribution in [0.4, 0.5) is 0 Å². The van der Waals surface area contributed by atoms with Crippen LogP contribution >= 0.6 is 0 Å². The molecule has 1 aromatic carbocycles. The third-order valence-corrected chi connectivity index (χ3v) is 1.06. The molecule has 0 aromatic heterocycles. The summed E-state index contributed by atoms with van der Waals surface area (Å²) in [7, 11) is 0. The van der Waals surface area contributed by atoms with Gasteiger partial charge in [-0.05, 0) is 12.1 Å². The first-order valence-electron chi connectivity index (χ1n) is 3.05. The van der Waals surface area contributed by atoms with E-state index in [9.17, 15) is 4.79 Å². The van der Waals surface area contributed by atoms with Crippen molar-refractivity contribution in [3.05, 3.63) is 30.3 Å². The largest absolute Gasteiger partial charge is 0.486 e. The number of carbonyl (C=O) groups is 1. The number of carbonyl (C=O) groups excluding carboxylic acids is 1. The minimum Gasteiger partial charge on any atom is -0.486 e. The molecule has 0 spiro atoms. The summed E-state index contributed by atoms with van der Waals surface area (Å²) < 4.78 is 4.99. The maximum absolute atomic E-state index is 9.85. The molecule has 0 unspecified atom stereocenters. The van der Waals surface area contributed by atoms with E-state index >= 15 is 0 Å². The first kappa shape index (κ1) is 10.4. The summed E-state index contributed by atoms with van der Waals surface area (Å²) in [5, 5.41) is 0. The molecule has 11 heavy (non-hydrogen) atoms. The van der Waals surface area contributed by atoms with Crippen molar-refractivity contribution in [1.82, 2.24) is 0 Å². The predicted octanol–water partition coefficient (Wildman–Crippen LogP) is 1.26. The molecule has 3 heteroatoms. The summed E-state index contributed by atoms with van der Waals surface area (Å²) in [5.41, 5.74) is 0. The summed E-state index contributed by atoms with van der Waals surface area (Å²) in [6.45, 7) is 0.129. The van der Waals surface area contributed by atoms with Crippen LogP contribution in [0.3, 0.4) is 0 Å². The zero-order valence-corrected chi connectivity index (χ0v) is 7.90. The summed E-state index contributed by atoms with van der Waals surface area (Å²) in [4.78, 5) is 9.85.